The molecule has 2 fully saturated rings. The highest BCUT2D eigenvalue weighted by Gasteiger charge is 2.43. The number of rotatable bonds is 10. The maximum Gasteiger partial charge on any atom is 0.311 e. The molecule has 202 valence electrons. The predicted octanol–water partition coefficient (Wildman–Crippen LogP) is 4.02. The Kier molecular flexibility index (Phi) is 7.54. The maximum atomic E-state index is 13.9. The number of hydrogen-bond acceptors (Lipinski definition) is 7. The minimum atomic E-state index is -3.95. The number of benzene rings is 2. The highest BCUT2D eigenvalue weighted by Crippen LogP contribution is 2.42. The van der Waals surface area contributed by atoms with Crippen molar-refractivity contribution in [3.05, 3.63) is 53.7 Å². The molecule has 0 radical (unpaired) electrons. The van der Waals surface area contributed by atoms with Gasteiger partial charge in [-0.1, -0.05) is 37.5 Å². The Morgan fingerprint density at radius 2 is 1.95 bits per heavy atom. The summed E-state index contributed by atoms with van der Waals surface area (Å²) in [5, 5.41) is 5.70. The lowest BCUT2D eigenvalue weighted by Crippen LogP contribution is -2.30. The first-order chi connectivity index (χ1) is 18.3. The van der Waals surface area contributed by atoms with Crippen molar-refractivity contribution in [3.8, 4) is 5.75 Å². The molecule has 1 aliphatic carbocycles. The first-order valence-electron chi connectivity index (χ1n) is 13.1. The van der Waals surface area contributed by atoms with Gasteiger partial charge in [0.2, 0.25) is 10.0 Å². The van der Waals surface area contributed by atoms with Gasteiger partial charge < -0.3 is 9.47 Å². The third kappa shape index (κ3) is 4.94. The summed E-state index contributed by atoms with van der Waals surface area (Å²) in [6.07, 6.45) is 5.01. The molecule has 1 aliphatic heterocycles. The number of hydrogen-bond donors (Lipinski definition) is 0. The predicted molar refractivity (Wildman–Crippen MR) is 142 cm³/mol. The molecule has 3 aromatic rings. The lowest BCUT2D eigenvalue weighted by Gasteiger charge is -2.30. The molecule has 1 aromatic heterocycles. The van der Waals surface area contributed by atoms with Gasteiger partial charge in [-0.3, -0.25) is 14.3 Å². The zero-order chi connectivity index (χ0) is 26.9. The zero-order valence-corrected chi connectivity index (χ0v) is 22.5. The summed E-state index contributed by atoms with van der Waals surface area (Å²) in [7, 11) is -2.60. The Balaban J connectivity index is 1.52. The Hall–Kier alpha value is -3.24. The SMILES string of the molecule is CCOc1ccc(S(=O)(=O)N2C[C@@H](CC3CCC3)[C@@H](n3nc(CC(=O)OC)c4ccccc43)C2)c(C=O)c1. The molecule has 2 atom stereocenters. The summed E-state index contributed by atoms with van der Waals surface area (Å²) in [5.74, 6) is 0.695. The summed E-state index contributed by atoms with van der Waals surface area (Å²) in [6, 6.07) is 12.0. The number of nitrogens with zero attached hydrogens (tertiary/aromatic N) is 3. The van der Waals surface area contributed by atoms with Crippen LogP contribution in [0.5, 0.6) is 5.75 Å². The fourth-order valence-electron chi connectivity index (χ4n) is 5.67. The largest absolute Gasteiger partial charge is 0.494 e. The standard InChI is InChI=1S/C28H33N3O6S/c1-3-37-22-11-12-27(21(14-22)18-32)38(34,35)30-16-20(13-19-7-6-8-19)26(17-30)31-25-10-5-4-9-23(25)24(29-31)15-28(33)36-2/h4-5,9-12,14,18-20,26H,3,6-8,13,15-17H2,1-2H3/t20-,26+/m1/s1. The molecule has 0 N–H and O–H groups in total. The van der Waals surface area contributed by atoms with Gasteiger partial charge in [-0.05, 0) is 49.4 Å². The number of para-hydroxylation sites is 1. The number of carbonyl (C=O) groups excluding carboxylic acids is 2. The number of ether oxygens (including phenoxy) is 2. The van der Waals surface area contributed by atoms with Gasteiger partial charge >= 0.3 is 5.97 Å². The van der Waals surface area contributed by atoms with Crippen LogP contribution in [0.2, 0.25) is 0 Å². The third-order valence-electron chi connectivity index (χ3n) is 7.81. The van der Waals surface area contributed by atoms with E-state index in [9.17, 15) is 18.0 Å². The molecule has 1 saturated carbocycles. The summed E-state index contributed by atoms with van der Waals surface area (Å²) in [6.45, 7) is 2.81. The van der Waals surface area contributed by atoms with Crippen LogP contribution < -0.4 is 4.74 Å². The highest BCUT2D eigenvalue weighted by molar-refractivity contribution is 7.89. The monoisotopic (exact) mass is 539 g/mol. The van der Waals surface area contributed by atoms with Crippen molar-refractivity contribution in [2.24, 2.45) is 11.8 Å². The van der Waals surface area contributed by atoms with Crippen molar-refractivity contribution in [2.45, 2.75) is 50.0 Å². The lowest BCUT2D eigenvalue weighted by molar-refractivity contribution is -0.139. The van der Waals surface area contributed by atoms with Gasteiger partial charge in [0, 0.05) is 24.0 Å². The lowest BCUT2D eigenvalue weighted by atomic mass is 9.78. The number of fused-ring (bicyclic) bond motifs is 1. The van der Waals surface area contributed by atoms with Crippen molar-refractivity contribution < 1.29 is 27.5 Å². The Morgan fingerprint density at radius 3 is 2.63 bits per heavy atom. The van der Waals surface area contributed by atoms with Crippen LogP contribution in [0, 0.1) is 11.8 Å². The fraction of sp³-hybridized carbons (Fsp3) is 0.464. The van der Waals surface area contributed by atoms with Gasteiger partial charge in [0.25, 0.3) is 0 Å². The average Bonchev–Trinajstić information content (AvgIpc) is 3.48. The third-order valence-corrected chi connectivity index (χ3v) is 9.72. The van der Waals surface area contributed by atoms with Gasteiger partial charge in [0.1, 0.15) is 5.75 Å². The van der Waals surface area contributed by atoms with Gasteiger partial charge in [0.15, 0.2) is 6.29 Å². The van der Waals surface area contributed by atoms with E-state index in [0.717, 1.165) is 30.2 Å². The van der Waals surface area contributed by atoms with Gasteiger partial charge in [-0.15, -0.1) is 0 Å². The van der Waals surface area contributed by atoms with Gasteiger partial charge in [-0.25, -0.2) is 8.42 Å². The molecule has 38 heavy (non-hydrogen) atoms. The van der Waals surface area contributed by atoms with E-state index < -0.39 is 10.0 Å². The molecule has 0 amide bonds. The van der Waals surface area contributed by atoms with Crippen LogP contribution in [0.1, 0.15) is 54.7 Å². The molecule has 10 heteroatoms. The number of sulfonamides is 1. The van der Waals surface area contributed by atoms with E-state index in [1.807, 2.05) is 35.9 Å². The normalized spacial score (nSPS) is 20.4. The minimum absolute atomic E-state index is 0.0179. The summed E-state index contributed by atoms with van der Waals surface area (Å²) < 4.78 is 41.5. The summed E-state index contributed by atoms with van der Waals surface area (Å²) in [4.78, 5) is 23.9. The Bertz CT molecular complexity index is 1450. The smallest absolute Gasteiger partial charge is 0.311 e. The van der Waals surface area contributed by atoms with Crippen LogP contribution in [0.4, 0.5) is 0 Å². The molecule has 9 nitrogen and oxygen atoms in total. The molecule has 2 aliphatic rings. The molecule has 0 bridgehead atoms. The van der Waals surface area contributed by atoms with Crippen LogP contribution in [-0.4, -0.2) is 61.6 Å². The van der Waals surface area contributed by atoms with Crippen LogP contribution in [0.3, 0.4) is 0 Å². The molecule has 5 rings (SSSR count). The Morgan fingerprint density at radius 1 is 1.16 bits per heavy atom. The Labute approximate surface area is 222 Å². The topological polar surface area (TPSA) is 108 Å². The highest BCUT2D eigenvalue weighted by atomic mass is 32.2. The molecule has 1 saturated heterocycles. The van der Waals surface area contributed by atoms with Crippen LogP contribution in [-0.2, 0) is 26.0 Å². The zero-order valence-electron chi connectivity index (χ0n) is 21.7. The molecule has 0 unspecified atom stereocenters. The van der Waals surface area contributed by atoms with Crippen LogP contribution >= 0.6 is 0 Å². The van der Waals surface area contributed by atoms with E-state index in [1.54, 1.807) is 6.07 Å². The number of esters is 1. The fourth-order valence-corrected chi connectivity index (χ4v) is 7.33. The van der Waals surface area contributed by atoms with Crippen molar-refractivity contribution in [1.82, 2.24) is 14.1 Å². The van der Waals surface area contributed by atoms with Crippen molar-refractivity contribution in [2.75, 3.05) is 26.8 Å². The van der Waals surface area contributed by atoms with E-state index in [1.165, 1.54) is 30.0 Å². The minimum Gasteiger partial charge on any atom is -0.494 e. The first-order valence-corrected chi connectivity index (χ1v) is 14.5. The first kappa shape index (κ1) is 26.4. The van der Waals surface area contributed by atoms with Crippen LogP contribution in [0.25, 0.3) is 10.9 Å². The quantitative estimate of drug-likeness (QED) is 0.283. The van der Waals surface area contributed by atoms with Gasteiger partial charge in [0.05, 0.1) is 42.3 Å². The average molecular weight is 540 g/mol. The van der Waals surface area contributed by atoms with E-state index in [2.05, 4.69) is 0 Å². The number of carbonyl (C=O) groups is 2. The van der Waals surface area contributed by atoms with Gasteiger partial charge in [-0.2, -0.15) is 9.40 Å². The molecular formula is C28H33N3O6S. The number of methoxy groups -OCH3 is 1. The number of aromatic nitrogens is 2. The summed E-state index contributed by atoms with van der Waals surface area (Å²) >= 11 is 0. The molecule has 2 heterocycles. The van der Waals surface area contributed by atoms with E-state index in [0.29, 0.717) is 36.8 Å². The molecule has 0 spiro atoms. The van der Waals surface area contributed by atoms with Crippen molar-refractivity contribution in [1.29, 1.82) is 0 Å². The second-order valence-corrected chi connectivity index (χ2v) is 12.0. The van der Waals surface area contributed by atoms with Crippen molar-refractivity contribution >= 4 is 33.2 Å². The van der Waals surface area contributed by atoms with Crippen LogP contribution in [0.15, 0.2) is 47.4 Å². The van der Waals surface area contributed by atoms with E-state index in [4.69, 9.17) is 14.6 Å². The molecule has 2 aromatic carbocycles. The van der Waals surface area contributed by atoms with E-state index >= 15 is 0 Å². The second-order valence-electron chi connectivity index (χ2n) is 10.1. The van der Waals surface area contributed by atoms with Crippen molar-refractivity contribution in [3.63, 3.8) is 0 Å². The maximum absolute atomic E-state index is 13.9. The summed E-state index contributed by atoms with van der Waals surface area (Å²) in [5.41, 5.74) is 1.56. The second kappa shape index (κ2) is 10.9. The molecular weight excluding hydrogens is 506 g/mol. The number of aldehydes is 1. The van der Waals surface area contributed by atoms with E-state index in [-0.39, 0.29) is 41.4 Å².